The van der Waals surface area contributed by atoms with Gasteiger partial charge in [-0.05, 0) is 55.7 Å². The van der Waals surface area contributed by atoms with E-state index in [2.05, 4.69) is 5.32 Å². The Morgan fingerprint density at radius 3 is 2.27 bits per heavy atom. The Kier molecular flexibility index (Phi) is 5.68. The Bertz CT molecular complexity index is 1440. The highest BCUT2D eigenvalue weighted by atomic mass is 16.4. The number of aryl methyl sites for hydroxylation is 3. The number of aromatic hydroxyl groups is 1. The van der Waals surface area contributed by atoms with Crippen molar-refractivity contribution < 1.29 is 28.6 Å². The van der Waals surface area contributed by atoms with Gasteiger partial charge in [-0.15, -0.1) is 0 Å². The second-order valence-electron chi connectivity index (χ2n) is 8.13. The Morgan fingerprint density at radius 1 is 0.970 bits per heavy atom. The lowest BCUT2D eigenvalue weighted by molar-refractivity contribution is -0.141. The molecule has 0 saturated carbocycles. The van der Waals surface area contributed by atoms with Crippen LogP contribution in [0.2, 0.25) is 0 Å². The monoisotopic (exact) mass is 449 g/mol. The molecule has 0 bridgehead atoms. The molecule has 0 fully saturated rings. The number of carboxylic acid groups (broad SMARTS) is 1. The number of benzene rings is 2. The van der Waals surface area contributed by atoms with E-state index in [1.807, 2.05) is 19.9 Å². The molecule has 1 amide bonds. The minimum absolute atomic E-state index is 0.0315. The molecule has 8 heteroatoms. The van der Waals surface area contributed by atoms with Crippen molar-refractivity contribution in [2.24, 2.45) is 0 Å². The van der Waals surface area contributed by atoms with Crippen LogP contribution < -0.4 is 10.9 Å². The Labute approximate surface area is 188 Å². The third-order valence-electron chi connectivity index (χ3n) is 5.93. The summed E-state index contributed by atoms with van der Waals surface area (Å²) in [5.74, 6) is -0.973. The first-order valence-electron chi connectivity index (χ1n) is 10.4. The number of rotatable bonds is 6. The van der Waals surface area contributed by atoms with Crippen LogP contribution in [0.3, 0.4) is 0 Å². The molecule has 3 N–H and O–H groups in total. The minimum Gasteiger partial charge on any atom is -0.508 e. The Morgan fingerprint density at radius 2 is 1.61 bits per heavy atom. The number of carbonyl (C=O) groups is 2. The van der Waals surface area contributed by atoms with Gasteiger partial charge < -0.3 is 24.4 Å². The van der Waals surface area contributed by atoms with Crippen molar-refractivity contribution in [2.75, 3.05) is 0 Å². The lowest BCUT2D eigenvalue weighted by Gasteiger charge is -2.15. The highest BCUT2D eigenvalue weighted by Crippen LogP contribution is 2.31. The molecule has 0 unspecified atom stereocenters. The number of carbonyl (C=O) groups excluding carboxylic acids is 1. The second kappa shape index (κ2) is 8.46. The largest absolute Gasteiger partial charge is 0.508 e. The van der Waals surface area contributed by atoms with Crippen LogP contribution in [0.25, 0.3) is 21.9 Å². The molecule has 2 aromatic heterocycles. The van der Waals surface area contributed by atoms with Crippen molar-refractivity contribution in [3.05, 3.63) is 74.8 Å². The van der Waals surface area contributed by atoms with Gasteiger partial charge in [0.05, 0.1) is 12.0 Å². The van der Waals surface area contributed by atoms with E-state index in [-0.39, 0.29) is 24.2 Å². The Balaban J connectivity index is 1.61. The second-order valence-corrected chi connectivity index (χ2v) is 8.13. The predicted molar refractivity (Wildman–Crippen MR) is 122 cm³/mol. The van der Waals surface area contributed by atoms with E-state index in [0.29, 0.717) is 27.7 Å². The van der Waals surface area contributed by atoms with Crippen LogP contribution in [0.15, 0.2) is 50.0 Å². The SMILES string of the molecule is Cc1oc2cc3oc(=O)c(CC(=O)N[C@@H](Cc4ccc(O)cc4)C(=O)O)c(C)c3cc2c1C. The predicted octanol–water partition coefficient (Wildman–Crippen LogP) is 3.52. The van der Waals surface area contributed by atoms with Gasteiger partial charge in [-0.2, -0.15) is 0 Å². The number of fused-ring (bicyclic) bond motifs is 2. The van der Waals surface area contributed by atoms with Gasteiger partial charge in [0.25, 0.3) is 0 Å². The van der Waals surface area contributed by atoms with Crippen LogP contribution >= 0.6 is 0 Å². The molecule has 170 valence electrons. The molecule has 2 heterocycles. The Hall–Kier alpha value is -4.07. The van der Waals surface area contributed by atoms with Gasteiger partial charge in [0.1, 0.15) is 28.7 Å². The van der Waals surface area contributed by atoms with Crippen LogP contribution in [-0.2, 0) is 22.4 Å². The molecule has 0 saturated heterocycles. The van der Waals surface area contributed by atoms with Crippen molar-refractivity contribution in [2.45, 2.75) is 39.7 Å². The first kappa shape index (κ1) is 22.1. The molecule has 2 aromatic carbocycles. The average Bonchev–Trinajstić information content (AvgIpc) is 3.03. The molecule has 0 aliphatic heterocycles. The number of furan rings is 1. The van der Waals surface area contributed by atoms with Crippen molar-refractivity contribution >= 4 is 33.8 Å². The van der Waals surface area contributed by atoms with E-state index >= 15 is 0 Å². The van der Waals surface area contributed by atoms with Gasteiger partial charge in [0.2, 0.25) is 5.91 Å². The number of hydrogen-bond donors (Lipinski definition) is 3. The summed E-state index contributed by atoms with van der Waals surface area (Å²) in [5, 5.41) is 23.0. The number of hydrogen-bond acceptors (Lipinski definition) is 6. The smallest absolute Gasteiger partial charge is 0.340 e. The van der Waals surface area contributed by atoms with Gasteiger partial charge in [-0.3, -0.25) is 4.79 Å². The van der Waals surface area contributed by atoms with Gasteiger partial charge >= 0.3 is 11.6 Å². The highest BCUT2D eigenvalue weighted by molar-refractivity contribution is 5.97. The zero-order chi connectivity index (χ0) is 23.9. The van der Waals surface area contributed by atoms with Crippen LogP contribution in [0.1, 0.15) is 28.0 Å². The fraction of sp³-hybridized carbons (Fsp3) is 0.240. The maximum absolute atomic E-state index is 12.7. The molecule has 4 rings (SSSR count). The normalized spacial score (nSPS) is 12.2. The third-order valence-corrected chi connectivity index (χ3v) is 5.93. The standard InChI is InChI=1S/C25H23NO7/c1-12-14(3)32-21-11-22-18(9-17(12)21)13(2)19(25(31)33-22)10-23(28)26-20(24(29)30)8-15-4-6-16(27)7-5-15/h4-7,9,11,20,27H,8,10H2,1-3H3,(H,26,28)(H,29,30)/t20-/m0/s1. The van der Waals surface area contributed by atoms with E-state index in [9.17, 15) is 24.6 Å². The third kappa shape index (κ3) is 4.32. The molecular weight excluding hydrogens is 426 g/mol. The molecule has 0 aliphatic rings. The zero-order valence-corrected chi connectivity index (χ0v) is 18.4. The fourth-order valence-corrected chi connectivity index (χ4v) is 3.90. The summed E-state index contributed by atoms with van der Waals surface area (Å²) >= 11 is 0. The van der Waals surface area contributed by atoms with Crippen LogP contribution in [0.4, 0.5) is 0 Å². The number of nitrogens with one attached hydrogen (secondary N) is 1. The molecule has 4 aromatic rings. The maximum Gasteiger partial charge on any atom is 0.340 e. The number of phenolic OH excluding ortho intramolecular Hbond substituents is 1. The zero-order valence-electron chi connectivity index (χ0n) is 18.4. The van der Waals surface area contributed by atoms with Gasteiger partial charge in [-0.25, -0.2) is 9.59 Å². The number of phenols is 1. The summed E-state index contributed by atoms with van der Waals surface area (Å²) in [6.45, 7) is 5.53. The van der Waals surface area contributed by atoms with Gasteiger partial charge in [0.15, 0.2) is 0 Å². The van der Waals surface area contributed by atoms with Gasteiger partial charge in [-0.1, -0.05) is 12.1 Å². The number of carboxylic acids is 1. The molecular formula is C25H23NO7. The van der Waals surface area contributed by atoms with Gasteiger partial charge in [0, 0.05) is 23.3 Å². The van der Waals surface area contributed by atoms with Crippen molar-refractivity contribution in [3.63, 3.8) is 0 Å². The quantitative estimate of drug-likeness (QED) is 0.384. The molecule has 0 aliphatic carbocycles. The first-order valence-corrected chi connectivity index (χ1v) is 10.4. The maximum atomic E-state index is 12.7. The fourth-order valence-electron chi connectivity index (χ4n) is 3.90. The van der Waals surface area contributed by atoms with Crippen LogP contribution in [0, 0.1) is 20.8 Å². The van der Waals surface area contributed by atoms with Crippen molar-refractivity contribution in [1.29, 1.82) is 0 Å². The molecule has 0 spiro atoms. The van der Waals surface area contributed by atoms with Crippen LogP contribution in [0.5, 0.6) is 5.75 Å². The lowest BCUT2D eigenvalue weighted by atomic mass is 10.0. The van der Waals surface area contributed by atoms with Crippen LogP contribution in [-0.4, -0.2) is 28.1 Å². The summed E-state index contributed by atoms with van der Waals surface area (Å²) in [5.41, 5.74) is 2.71. The number of amides is 1. The molecule has 8 nitrogen and oxygen atoms in total. The minimum atomic E-state index is -1.20. The lowest BCUT2D eigenvalue weighted by Crippen LogP contribution is -2.43. The summed E-state index contributed by atoms with van der Waals surface area (Å²) in [7, 11) is 0. The summed E-state index contributed by atoms with van der Waals surface area (Å²) < 4.78 is 11.2. The summed E-state index contributed by atoms with van der Waals surface area (Å²) in [6, 6.07) is 8.41. The molecule has 33 heavy (non-hydrogen) atoms. The first-order chi connectivity index (χ1) is 15.6. The van der Waals surface area contributed by atoms with E-state index in [0.717, 1.165) is 16.7 Å². The van der Waals surface area contributed by atoms with Crippen molar-refractivity contribution in [1.82, 2.24) is 5.32 Å². The van der Waals surface area contributed by atoms with E-state index in [4.69, 9.17) is 8.83 Å². The number of aliphatic carboxylic acids is 1. The van der Waals surface area contributed by atoms with Crippen molar-refractivity contribution in [3.8, 4) is 5.75 Å². The van der Waals surface area contributed by atoms with E-state index in [1.165, 1.54) is 12.1 Å². The highest BCUT2D eigenvalue weighted by Gasteiger charge is 2.23. The molecule has 1 atom stereocenters. The van der Waals surface area contributed by atoms with E-state index in [1.54, 1.807) is 25.1 Å². The summed E-state index contributed by atoms with van der Waals surface area (Å²) in [4.78, 5) is 37.0. The topological polar surface area (TPSA) is 130 Å². The average molecular weight is 449 g/mol. The summed E-state index contributed by atoms with van der Waals surface area (Å²) in [6.07, 6.45) is -0.283. The van der Waals surface area contributed by atoms with E-state index < -0.39 is 23.5 Å². The molecule has 0 radical (unpaired) electrons.